The van der Waals surface area contributed by atoms with E-state index in [0.29, 0.717) is 17.6 Å². The lowest BCUT2D eigenvalue weighted by Gasteiger charge is -2.25. The van der Waals surface area contributed by atoms with Gasteiger partial charge in [0.05, 0.1) is 7.14 Å². The number of aromatic nitrogens is 2. The number of rotatable bonds is 5. The second-order valence-corrected chi connectivity index (χ2v) is 11.2. The number of benzene rings is 1. The van der Waals surface area contributed by atoms with Gasteiger partial charge in [0.1, 0.15) is 11.6 Å². The molecule has 1 aliphatic heterocycles. The third-order valence-electron chi connectivity index (χ3n) is 5.83. The van der Waals surface area contributed by atoms with Gasteiger partial charge in [0, 0.05) is 36.3 Å². The van der Waals surface area contributed by atoms with Crippen molar-refractivity contribution in [2.24, 2.45) is 11.8 Å². The molecule has 4 nitrogen and oxygen atoms in total. The van der Waals surface area contributed by atoms with Crippen LogP contribution in [0.2, 0.25) is 0 Å². The minimum atomic E-state index is -2.34. The molecule has 0 saturated carbocycles. The van der Waals surface area contributed by atoms with Crippen LogP contribution in [-0.2, 0) is 11.0 Å². The van der Waals surface area contributed by atoms with Crippen LogP contribution in [0.25, 0.3) is 0 Å². The molecule has 4 atom stereocenters. The maximum absolute atomic E-state index is 13.9. The van der Waals surface area contributed by atoms with E-state index in [1.54, 1.807) is 12.3 Å². The summed E-state index contributed by atoms with van der Waals surface area (Å²) < 4.78 is 13.9. The third-order valence-corrected chi connectivity index (χ3v) is 9.91. The molecule has 1 aromatic carbocycles. The van der Waals surface area contributed by atoms with Gasteiger partial charge in [-0.1, -0.05) is 26.0 Å². The van der Waals surface area contributed by atoms with Gasteiger partial charge in [-0.05, 0) is 55.4 Å². The van der Waals surface area contributed by atoms with Crippen molar-refractivity contribution >= 4 is 7.14 Å². The second-order valence-electron chi connectivity index (χ2n) is 7.99. The molecule has 0 radical (unpaired) electrons. The summed E-state index contributed by atoms with van der Waals surface area (Å²) in [4.78, 5) is 8.88. The Balaban J connectivity index is 1.91. The summed E-state index contributed by atoms with van der Waals surface area (Å²) in [5, 5.41) is 9.89. The normalized spacial score (nSPS) is 26.8. The summed E-state index contributed by atoms with van der Waals surface area (Å²) in [5.41, 5.74) is 2.89. The largest absolute Gasteiger partial charge is 0.508 e. The van der Waals surface area contributed by atoms with Crippen molar-refractivity contribution in [3.8, 4) is 5.75 Å². The van der Waals surface area contributed by atoms with Gasteiger partial charge in [-0.3, -0.25) is 0 Å². The molecule has 2 aromatic rings. The SMILES string of the molecule is Cc1ccnc(CCC(c2ccc(O)c(C)c2)P2(=O)C[C@@H](C)[C@@H](C)C2)n1. The van der Waals surface area contributed by atoms with Crippen molar-refractivity contribution in [3.63, 3.8) is 0 Å². The van der Waals surface area contributed by atoms with E-state index in [-0.39, 0.29) is 5.66 Å². The van der Waals surface area contributed by atoms with Gasteiger partial charge in [0.25, 0.3) is 0 Å². The highest BCUT2D eigenvalue weighted by atomic mass is 31.2. The Morgan fingerprint density at radius 3 is 2.50 bits per heavy atom. The highest BCUT2D eigenvalue weighted by molar-refractivity contribution is 7.64. The van der Waals surface area contributed by atoms with E-state index in [1.807, 2.05) is 32.0 Å². The molecule has 1 aliphatic rings. The number of phenolic OH excluding ortho intramolecular Hbond substituents is 1. The van der Waals surface area contributed by atoms with Crippen molar-refractivity contribution in [2.75, 3.05) is 12.3 Å². The minimum Gasteiger partial charge on any atom is -0.508 e. The Hall–Kier alpha value is -1.67. The molecular formula is C21H29N2O2P. The molecule has 1 saturated heterocycles. The van der Waals surface area contributed by atoms with E-state index in [2.05, 4.69) is 23.8 Å². The fourth-order valence-corrected chi connectivity index (χ4v) is 8.74. The number of hydrogen-bond donors (Lipinski definition) is 1. The summed E-state index contributed by atoms with van der Waals surface area (Å²) in [6.45, 7) is 8.30. The fourth-order valence-electron chi connectivity index (χ4n) is 4.11. The number of nitrogens with zero attached hydrogens (tertiary/aromatic N) is 2. The molecule has 5 heteroatoms. The molecular weight excluding hydrogens is 343 g/mol. The van der Waals surface area contributed by atoms with E-state index in [4.69, 9.17) is 0 Å². The summed E-state index contributed by atoms with van der Waals surface area (Å²) in [5.74, 6) is 2.10. The van der Waals surface area contributed by atoms with Crippen molar-refractivity contribution in [3.05, 3.63) is 53.1 Å². The van der Waals surface area contributed by atoms with Crippen molar-refractivity contribution < 1.29 is 9.67 Å². The standard InChI is InChI=1S/C21H29N2O2P/c1-14-11-18(5-6-19(14)24)20(26(25)12-15(2)16(3)13-26)7-8-21-22-10-9-17(4)23-21/h5-6,9-11,15-16,20,24H,7-8,12-13H2,1-4H3/t15-,16+,20?,26?. The molecule has 3 rings (SSSR count). The van der Waals surface area contributed by atoms with E-state index in [0.717, 1.165) is 47.8 Å². The summed E-state index contributed by atoms with van der Waals surface area (Å²) in [6.07, 6.45) is 4.92. The van der Waals surface area contributed by atoms with Gasteiger partial charge >= 0.3 is 0 Å². The van der Waals surface area contributed by atoms with Crippen LogP contribution in [0.5, 0.6) is 5.75 Å². The van der Waals surface area contributed by atoms with Gasteiger partial charge in [0.15, 0.2) is 0 Å². The molecule has 1 fully saturated rings. The molecule has 2 unspecified atom stereocenters. The van der Waals surface area contributed by atoms with Crippen molar-refractivity contribution in [2.45, 2.75) is 46.2 Å². The Morgan fingerprint density at radius 1 is 1.19 bits per heavy atom. The van der Waals surface area contributed by atoms with Crippen LogP contribution in [0.15, 0.2) is 30.5 Å². The van der Waals surface area contributed by atoms with Gasteiger partial charge < -0.3 is 9.67 Å². The average Bonchev–Trinajstić information content (AvgIpc) is 2.84. The summed E-state index contributed by atoms with van der Waals surface area (Å²) in [7, 11) is -2.34. The predicted octanol–water partition coefficient (Wildman–Crippen LogP) is 5.12. The number of aryl methyl sites for hydroxylation is 3. The number of aromatic hydroxyl groups is 1. The van der Waals surface area contributed by atoms with E-state index < -0.39 is 7.14 Å². The van der Waals surface area contributed by atoms with Crippen LogP contribution in [0.1, 0.15) is 48.6 Å². The predicted molar refractivity (Wildman–Crippen MR) is 106 cm³/mol. The minimum absolute atomic E-state index is 0.0123. The topological polar surface area (TPSA) is 63.1 Å². The molecule has 0 aliphatic carbocycles. The monoisotopic (exact) mass is 372 g/mol. The molecule has 0 bridgehead atoms. The zero-order valence-electron chi connectivity index (χ0n) is 16.1. The molecule has 1 N–H and O–H groups in total. The zero-order valence-corrected chi connectivity index (χ0v) is 17.0. The second kappa shape index (κ2) is 7.52. The van der Waals surface area contributed by atoms with Gasteiger partial charge in [0.2, 0.25) is 0 Å². The lowest BCUT2D eigenvalue weighted by Crippen LogP contribution is -2.07. The fraction of sp³-hybridized carbons (Fsp3) is 0.524. The van der Waals surface area contributed by atoms with Crippen molar-refractivity contribution in [1.29, 1.82) is 0 Å². The Bertz CT molecular complexity index is 823. The van der Waals surface area contributed by atoms with Crippen LogP contribution in [0, 0.1) is 25.7 Å². The zero-order chi connectivity index (χ0) is 18.9. The van der Waals surface area contributed by atoms with Gasteiger partial charge in [-0.2, -0.15) is 0 Å². The van der Waals surface area contributed by atoms with Crippen LogP contribution in [0.4, 0.5) is 0 Å². The van der Waals surface area contributed by atoms with Crippen LogP contribution < -0.4 is 0 Å². The first kappa shape index (κ1) is 19.1. The smallest absolute Gasteiger partial charge is 0.128 e. The Labute approximate surface area is 156 Å². The number of hydrogen-bond acceptors (Lipinski definition) is 4. The van der Waals surface area contributed by atoms with Crippen LogP contribution in [0.3, 0.4) is 0 Å². The number of phenols is 1. The van der Waals surface area contributed by atoms with Gasteiger partial charge in [-0.15, -0.1) is 0 Å². The average molecular weight is 372 g/mol. The third kappa shape index (κ3) is 4.01. The molecule has 1 aromatic heterocycles. The van der Waals surface area contributed by atoms with E-state index >= 15 is 0 Å². The molecule has 0 spiro atoms. The molecule has 0 amide bonds. The van der Waals surface area contributed by atoms with E-state index in [1.165, 1.54) is 0 Å². The Morgan fingerprint density at radius 2 is 1.88 bits per heavy atom. The molecule has 2 heterocycles. The van der Waals surface area contributed by atoms with Crippen LogP contribution >= 0.6 is 7.14 Å². The first-order valence-electron chi connectivity index (χ1n) is 9.44. The first-order valence-corrected chi connectivity index (χ1v) is 11.6. The quantitative estimate of drug-likeness (QED) is 0.740. The Kier molecular flexibility index (Phi) is 5.53. The maximum atomic E-state index is 13.9. The maximum Gasteiger partial charge on any atom is 0.128 e. The molecule has 140 valence electrons. The highest BCUT2D eigenvalue weighted by Gasteiger charge is 2.43. The summed E-state index contributed by atoms with van der Waals surface area (Å²) in [6, 6.07) is 7.57. The van der Waals surface area contributed by atoms with Crippen LogP contribution in [-0.4, -0.2) is 27.4 Å². The lowest BCUT2D eigenvalue weighted by molar-refractivity contribution is 0.470. The van der Waals surface area contributed by atoms with E-state index in [9.17, 15) is 9.67 Å². The molecule has 26 heavy (non-hydrogen) atoms. The lowest BCUT2D eigenvalue weighted by atomic mass is 10.0. The first-order chi connectivity index (χ1) is 12.3. The highest BCUT2D eigenvalue weighted by Crippen LogP contribution is 2.67. The summed E-state index contributed by atoms with van der Waals surface area (Å²) >= 11 is 0. The van der Waals surface area contributed by atoms with Crippen molar-refractivity contribution in [1.82, 2.24) is 9.97 Å². The van der Waals surface area contributed by atoms with Gasteiger partial charge in [-0.25, -0.2) is 9.97 Å².